The summed E-state index contributed by atoms with van der Waals surface area (Å²) < 4.78 is 0.892. The number of nitrogens with one attached hydrogen (secondary N) is 1. The van der Waals surface area contributed by atoms with Crippen LogP contribution in [0.5, 0.6) is 0 Å². The molecule has 0 radical (unpaired) electrons. The van der Waals surface area contributed by atoms with Gasteiger partial charge < -0.3 is 36.4 Å². The van der Waals surface area contributed by atoms with Crippen LogP contribution in [0.1, 0.15) is 27.6 Å². The number of hydrogen-bond acceptors (Lipinski definition) is 7. The molecule has 0 aliphatic carbocycles. The van der Waals surface area contributed by atoms with Gasteiger partial charge in [-0.2, -0.15) is 0 Å². The predicted octanol–water partition coefficient (Wildman–Crippen LogP) is -0.612. The summed E-state index contributed by atoms with van der Waals surface area (Å²) in [4.78, 5) is 38.2. The molecule has 0 saturated heterocycles. The summed E-state index contributed by atoms with van der Waals surface area (Å²) in [6.45, 7) is -0.378. The number of nitrogens with zero attached hydrogens (tertiary/aromatic N) is 1. The SMILES string of the molecule is CC(=O)N(CC(O)CO)c1c(I)c(C(N)=O)c(I)c(C(=O)NCC(O)CO)c1I. The van der Waals surface area contributed by atoms with Gasteiger partial charge in [0.25, 0.3) is 11.8 Å². The van der Waals surface area contributed by atoms with Gasteiger partial charge in [0.1, 0.15) is 0 Å². The fourth-order valence-corrected chi connectivity index (χ4v) is 7.08. The lowest BCUT2D eigenvalue weighted by molar-refractivity contribution is -0.117. The minimum Gasteiger partial charge on any atom is -0.394 e. The summed E-state index contributed by atoms with van der Waals surface area (Å²) in [6.07, 6.45) is -2.40. The lowest BCUT2D eigenvalue weighted by Crippen LogP contribution is -2.40. The zero-order valence-corrected chi connectivity index (χ0v) is 21.6. The third kappa shape index (κ3) is 6.57. The van der Waals surface area contributed by atoms with Crippen molar-refractivity contribution in [2.24, 2.45) is 5.73 Å². The predicted molar refractivity (Wildman–Crippen MR) is 130 cm³/mol. The van der Waals surface area contributed by atoms with Crippen molar-refractivity contribution in [2.75, 3.05) is 31.2 Å². The monoisotopic (exact) mass is 747 g/mol. The van der Waals surface area contributed by atoms with Crippen LogP contribution in [-0.4, -0.2) is 76.7 Å². The van der Waals surface area contributed by atoms with E-state index < -0.39 is 43.1 Å². The van der Waals surface area contributed by atoms with E-state index in [1.165, 1.54) is 6.92 Å². The molecule has 0 saturated carbocycles. The Morgan fingerprint density at radius 1 is 1.00 bits per heavy atom. The fourth-order valence-electron chi connectivity index (χ4n) is 2.31. The van der Waals surface area contributed by atoms with Gasteiger partial charge in [0.2, 0.25) is 5.91 Å². The first-order valence-corrected chi connectivity index (χ1v) is 11.4. The van der Waals surface area contributed by atoms with Crippen LogP contribution in [0.3, 0.4) is 0 Å². The Hall–Kier alpha value is -0.340. The van der Waals surface area contributed by atoms with Crippen molar-refractivity contribution in [3.05, 3.63) is 21.8 Å². The molecule has 3 amide bonds. The van der Waals surface area contributed by atoms with Crippen LogP contribution in [0.15, 0.2) is 0 Å². The fraction of sp³-hybridized carbons (Fsp3) is 0.438. The number of primary amides is 1. The molecule has 162 valence electrons. The van der Waals surface area contributed by atoms with Crippen molar-refractivity contribution in [3.8, 4) is 0 Å². The zero-order valence-electron chi connectivity index (χ0n) is 15.2. The molecular weight excluding hydrogens is 727 g/mol. The smallest absolute Gasteiger partial charge is 0.253 e. The highest BCUT2D eigenvalue weighted by molar-refractivity contribution is 14.1. The standard InChI is InChI=1S/C16H20I3N3O7/c1-6(25)22(3-8(27)5-24)14-12(18)9(15(20)28)11(17)10(13(14)19)16(29)21-2-7(26)4-23/h7-8,23-24,26-27H,2-5H2,1H3,(H2,20,28)(H,21,29). The lowest BCUT2D eigenvalue weighted by Gasteiger charge is -2.28. The van der Waals surface area contributed by atoms with E-state index >= 15 is 0 Å². The number of halogens is 3. The molecule has 0 bridgehead atoms. The molecule has 0 heterocycles. The summed E-state index contributed by atoms with van der Waals surface area (Å²) in [5.74, 6) is -1.93. The number of nitrogens with two attached hydrogens (primary N) is 1. The van der Waals surface area contributed by atoms with Crippen LogP contribution in [0.4, 0.5) is 5.69 Å². The van der Waals surface area contributed by atoms with Gasteiger partial charge in [0, 0.05) is 17.0 Å². The van der Waals surface area contributed by atoms with Crippen LogP contribution in [-0.2, 0) is 4.79 Å². The van der Waals surface area contributed by atoms with Gasteiger partial charge in [0.05, 0.1) is 55.9 Å². The van der Waals surface area contributed by atoms with Crippen LogP contribution in [0.25, 0.3) is 0 Å². The van der Waals surface area contributed by atoms with E-state index in [0.717, 1.165) is 4.90 Å². The number of rotatable bonds is 9. The van der Waals surface area contributed by atoms with E-state index in [1.807, 2.05) is 45.2 Å². The van der Waals surface area contributed by atoms with Gasteiger partial charge in [-0.1, -0.05) is 0 Å². The Labute approximate surface area is 207 Å². The molecule has 10 nitrogen and oxygen atoms in total. The molecule has 0 fully saturated rings. The molecule has 1 aromatic rings. The third-order valence-electron chi connectivity index (χ3n) is 3.73. The van der Waals surface area contributed by atoms with Gasteiger partial charge in [-0.15, -0.1) is 0 Å². The van der Waals surface area contributed by atoms with Gasteiger partial charge in [0.15, 0.2) is 0 Å². The average molecular weight is 747 g/mol. The second kappa shape index (κ2) is 11.9. The molecule has 1 rings (SSSR count). The maximum Gasteiger partial charge on any atom is 0.253 e. The van der Waals surface area contributed by atoms with E-state index in [2.05, 4.69) is 5.32 Å². The molecule has 0 aliphatic heterocycles. The Kier molecular flexibility index (Phi) is 10.9. The average Bonchev–Trinajstić information content (AvgIpc) is 2.64. The Bertz CT molecular complexity index is 807. The van der Waals surface area contributed by atoms with Gasteiger partial charge in [-0.3, -0.25) is 14.4 Å². The quantitative estimate of drug-likeness (QED) is 0.183. The normalized spacial score (nSPS) is 13.0. The lowest BCUT2D eigenvalue weighted by atomic mass is 10.1. The molecule has 13 heteroatoms. The number of carbonyl (C=O) groups excluding carboxylic acids is 3. The van der Waals surface area contributed by atoms with Crippen LogP contribution in [0, 0.1) is 10.7 Å². The van der Waals surface area contributed by atoms with E-state index in [0.29, 0.717) is 7.14 Å². The van der Waals surface area contributed by atoms with Crippen molar-refractivity contribution in [1.29, 1.82) is 0 Å². The molecule has 29 heavy (non-hydrogen) atoms. The number of benzene rings is 1. The summed E-state index contributed by atoms with van der Waals surface area (Å²) in [5.41, 5.74) is 5.79. The molecule has 0 aromatic heterocycles. The maximum absolute atomic E-state index is 12.8. The molecule has 2 unspecified atom stereocenters. The summed E-state index contributed by atoms with van der Waals surface area (Å²) in [5, 5.41) is 39.8. The topological polar surface area (TPSA) is 173 Å². The molecule has 2 atom stereocenters. The second-order valence-electron chi connectivity index (χ2n) is 5.92. The van der Waals surface area contributed by atoms with Crippen molar-refractivity contribution < 1.29 is 34.8 Å². The van der Waals surface area contributed by atoms with E-state index in [-0.39, 0.29) is 33.5 Å². The van der Waals surface area contributed by atoms with Gasteiger partial charge >= 0.3 is 0 Å². The Morgan fingerprint density at radius 2 is 1.52 bits per heavy atom. The number of hydrogen-bond donors (Lipinski definition) is 6. The third-order valence-corrected chi connectivity index (χ3v) is 6.91. The highest BCUT2D eigenvalue weighted by Crippen LogP contribution is 2.38. The Balaban J connectivity index is 3.68. The van der Waals surface area contributed by atoms with Crippen LogP contribution in [0.2, 0.25) is 0 Å². The van der Waals surface area contributed by atoms with Crippen molar-refractivity contribution in [2.45, 2.75) is 19.1 Å². The maximum atomic E-state index is 12.8. The minimum atomic E-state index is -1.24. The molecule has 7 N–H and O–H groups in total. The van der Waals surface area contributed by atoms with Crippen molar-refractivity contribution >= 4 is 91.2 Å². The number of anilines is 1. The number of carbonyl (C=O) groups is 3. The second-order valence-corrected chi connectivity index (χ2v) is 9.15. The van der Waals surface area contributed by atoms with E-state index in [1.54, 1.807) is 22.6 Å². The van der Waals surface area contributed by atoms with E-state index in [9.17, 15) is 24.6 Å². The number of amides is 3. The summed E-state index contributed by atoms with van der Waals surface area (Å²) in [6, 6.07) is 0. The first kappa shape index (κ1) is 26.7. The summed E-state index contributed by atoms with van der Waals surface area (Å²) in [7, 11) is 0. The van der Waals surface area contributed by atoms with Crippen molar-refractivity contribution in [3.63, 3.8) is 0 Å². The van der Waals surface area contributed by atoms with Crippen LogP contribution < -0.4 is 16.0 Å². The zero-order chi connectivity index (χ0) is 22.5. The molecule has 0 spiro atoms. The first-order chi connectivity index (χ1) is 13.5. The van der Waals surface area contributed by atoms with Gasteiger partial charge in [-0.25, -0.2) is 0 Å². The molecule has 0 aliphatic rings. The first-order valence-electron chi connectivity index (χ1n) is 8.12. The summed E-state index contributed by atoms with van der Waals surface area (Å²) >= 11 is 5.49. The number of aliphatic hydroxyl groups is 4. The van der Waals surface area contributed by atoms with E-state index in [4.69, 9.17) is 15.9 Å². The highest BCUT2D eigenvalue weighted by atomic mass is 127. The molecular formula is C16H20I3N3O7. The highest BCUT2D eigenvalue weighted by Gasteiger charge is 2.31. The minimum absolute atomic E-state index is 0.0270. The van der Waals surface area contributed by atoms with Crippen molar-refractivity contribution in [1.82, 2.24) is 5.32 Å². The number of aliphatic hydroxyl groups excluding tert-OH is 4. The van der Waals surface area contributed by atoms with Crippen LogP contribution >= 0.6 is 67.8 Å². The Morgan fingerprint density at radius 3 is 1.97 bits per heavy atom. The largest absolute Gasteiger partial charge is 0.394 e. The molecule has 1 aromatic carbocycles. The van der Waals surface area contributed by atoms with Gasteiger partial charge in [-0.05, 0) is 67.8 Å².